The van der Waals surface area contributed by atoms with Gasteiger partial charge >= 0.3 is 6.18 Å². The second-order valence-electron chi connectivity index (χ2n) is 6.53. The monoisotopic (exact) mass is 427 g/mol. The number of hydrogen-bond donors (Lipinski definition) is 1. The van der Waals surface area contributed by atoms with Crippen LogP contribution in [0.2, 0.25) is 0 Å². The zero-order chi connectivity index (χ0) is 18.6. The van der Waals surface area contributed by atoms with Crippen LogP contribution >= 0.6 is 15.9 Å². The lowest BCUT2D eigenvalue weighted by molar-refractivity contribution is -0.137. The van der Waals surface area contributed by atoms with Gasteiger partial charge in [0.15, 0.2) is 0 Å². The van der Waals surface area contributed by atoms with Crippen LogP contribution in [0.5, 0.6) is 5.75 Å². The number of ether oxygens (including phenoxy) is 1. The normalized spacial score (nSPS) is 19.2. The molecule has 1 saturated heterocycles. The topological polar surface area (TPSA) is 21.3 Å². The molecule has 1 fully saturated rings. The van der Waals surface area contributed by atoms with E-state index in [0.29, 0.717) is 11.8 Å². The molecule has 3 rings (SSSR count). The predicted molar refractivity (Wildman–Crippen MR) is 99.2 cm³/mol. The van der Waals surface area contributed by atoms with Crippen LogP contribution in [0.4, 0.5) is 13.2 Å². The van der Waals surface area contributed by atoms with Crippen molar-refractivity contribution < 1.29 is 17.9 Å². The lowest BCUT2D eigenvalue weighted by Gasteiger charge is -2.29. The van der Waals surface area contributed by atoms with Gasteiger partial charge in [-0.05, 0) is 49.7 Å². The maximum Gasteiger partial charge on any atom is 0.416 e. The molecule has 0 radical (unpaired) electrons. The molecule has 26 heavy (non-hydrogen) atoms. The number of benzene rings is 2. The highest BCUT2D eigenvalue weighted by Crippen LogP contribution is 2.34. The van der Waals surface area contributed by atoms with Gasteiger partial charge in [0.25, 0.3) is 0 Å². The molecule has 1 N–H and O–H groups in total. The number of halogens is 4. The summed E-state index contributed by atoms with van der Waals surface area (Å²) < 4.78 is 45.3. The molecule has 1 heterocycles. The molecule has 140 valence electrons. The van der Waals surface area contributed by atoms with Crippen molar-refractivity contribution in [2.45, 2.75) is 44.0 Å². The van der Waals surface area contributed by atoms with Gasteiger partial charge in [-0.3, -0.25) is 0 Å². The number of alkyl halides is 3. The van der Waals surface area contributed by atoms with Crippen LogP contribution in [0.3, 0.4) is 0 Å². The Morgan fingerprint density at radius 3 is 2.42 bits per heavy atom. The van der Waals surface area contributed by atoms with E-state index in [9.17, 15) is 13.2 Å². The second kappa shape index (κ2) is 8.44. The molecule has 6 heteroatoms. The van der Waals surface area contributed by atoms with Gasteiger partial charge in [0.2, 0.25) is 0 Å². The Bertz CT molecular complexity index is 712. The van der Waals surface area contributed by atoms with Crippen LogP contribution in [0, 0.1) is 0 Å². The van der Waals surface area contributed by atoms with Gasteiger partial charge in [0, 0.05) is 22.5 Å². The van der Waals surface area contributed by atoms with Gasteiger partial charge in [-0.1, -0.05) is 40.5 Å². The average Bonchev–Trinajstić information content (AvgIpc) is 2.62. The van der Waals surface area contributed by atoms with Crippen LogP contribution in [-0.4, -0.2) is 12.6 Å². The molecule has 0 spiro atoms. The summed E-state index contributed by atoms with van der Waals surface area (Å²) in [7, 11) is 0. The Hall–Kier alpha value is -1.53. The molecule has 1 aliphatic heterocycles. The van der Waals surface area contributed by atoms with Crippen molar-refractivity contribution in [3.63, 3.8) is 0 Å². The summed E-state index contributed by atoms with van der Waals surface area (Å²) in [5.74, 6) is 0.439. The van der Waals surface area contributed by atoms with Crippen LogP contribution in [0.15, 0.2) is 53.0 Å². The fourth-order valence-electron chi connectivity index (χ4n) is 3.25. The molecule has 0 saturated carbocycles. The van der Waals surface area contributed by atoms with Crippen molar-refractivity contribution in [1.82, 2.24) is 5.32 Å². The van der Waals surface area contributed by atoms with E-state index in [1.54, 1.807) is 0 Å². The standard InChI is InChI=1S/C20H21BrF3NO/c21-18-7-2-1-6-17(18)19(13-15-5-3-4-12-25-15)26-16-10-8-14(9-11-16)20(22,23)24/h1-2,6-11,15,19,25H,3-5,12-13H2/t15-,19-/m1/s1. The van der Waals surface area contributed by atoms with Gasteiger partial charge in [-0.25, -0.2) is 0 Å². The Balaban J connectivity index is 1.80. The van der Waals surface area contributed by atoms with Crippen molar-refractivity contribution >= 4 is 15.9 Å². The first kappa shape index (κ1) is 19.2. The van der Waals surface area contributed by atoms with Crippen LogP contribution < -0.4 is 10.1 Å². The Labute approximate surface area is 159 Å². The number of nitrogens with one attached hydrogen (secondary N) is 1. The van der Waals surface area contributed by atoms with Gasteiger partial charge in [-0.15, -0.1) is 0 Å². The molecule has 0 unspecified atom stereocenters. The molecule has 0 amide bonds. The largest absolute Gasteiger partial charge is 0.486 e. The summed E-state index contributed by atoms with van der Waals surface area (Å²) in [6.07, 6.45) is -0.373. The minimum absolute atomic E-state index is 0.238. The van der Waals surface area contributed by atoms with Crippen molar-refractivity contribution in [3.05, 3.63) is 64.1 Å². The minimum atomic E-state index is -4.34. The average molecular weight is 428 g/mol. The molecule has 0 aliphatic carbocycles. The van der Waals surface area contributed by atoms with Gasteiger partial charge < -0.3 is 10.1 Å². The predicted octanol–water partition coefficient (Wildman–Crippen LogP) is 6.12. The number of piperidine rings is 1. The molecule has 2 nitrogen and oxygen atoms in total. The molecule has 2 aromatic rings. The SMILES string of the molecule is FC(F)(F)c1ccc(O[C@H](C[C@H]2CCCCN2)c2ccccc2Br)cc1. The van der Waals surface area contributed by atoms with E-state index in [4.69, 9.17) is 4.74 Å². The lowest BCUT2D eigenvalue weighted by atomic mass is 9.95. The van der Waals surface area contributed by atoms with Crippen molar-refractivity contribution in [2.75, 3.05) is 6.54 Å². The Morgan fingerprint density at radius 2 is 1.81 bits per heavy atom. The maximum atomic E-state index is 12.8. The number of rotatable bonds is 5. The lowest BCUT2D eigenvalue weighted by Crippen LogP contribution is -2.36. The van der Waals surface area contributed by atoms with Crippen LogP contribution in [-0.2, 0) is 6.18 Å². The van der Waals surface area contributed by atoms with E-state index in [-0.39, 0.29) is 6.10 Å². The summed E-state index contributed by atoms with van der Waals surface area (Å²) in [5.41, 5.74) is 0.330. The third-order valence-corrected chi connectivity index (χ3v) is 5.35. The molecule has 2 aromatic carbocycles. The molecular formula is C20H21BrF3NO. The number of hydrogen-bond acceptors (Lipinski definition) is 2. The minimum Gasteiger partial charge on any atom is -0.486 e. The molecule has 1 aliphatic rings. The van der Waals surface area contributed by atoms with Gasteiger partial charge in [-0.2, -0.15) is 13.2 Å². The third kappa shape index (κ3) is 5.01. The van der Waals surface area contributed by atoms with E-state index in [2.05, 4.69) is 21.2 Å². The van der Waals surface area contributed by atoms with Gasteiger partial charge in [0.05, 0.1) is 5.56 Å². The second-order valence-corrected chi connectivity index (χ2v) is 7.39. The third-order valence-electron chi connectivity index (χ3n) is 4.62. The van der Waals surface area contributed by atoms with Crippen LogP contribution in [0.1, 0.15) is 42.9 Å². The van der Waals surface area contributed by atoms with Crippen molar-refractivity contribution in [3.8, 4) is 5.75 Å². The van der Waals surface area contributed by atoms with E-state index < -0.39 is 11.7 Å². The first-order valence-electron chi connectivity index (χ1n) is 8.75. The highest BCUT2D eigenvalue weighted by Gasteiger charge is 2.30. The molecular weight excluding hydrogens is 407 g/mol. The quantitative estimate of drug-likeness (QED) is 0.620. The van der Waals surface area contributed by atoms with E-state index in [1.807, 2.05) is 24.3 Å². The first-order valence-corrected chi connectivity index (χ1v) is 9.54. The maximum absolute atomic E-state index is 12.8. The Kier molecular flexibility index (Phi) is 6.24. The summed E-state index contributed by atoms with van der Waals surface area (Å²) in [6.45, 7) is 0.994. The highest BCUT2D eigenvalue weighted by atomic mass is 79.9. The summed E-state index contributed by atoms with van der Waals surface area (Å²) >= 11 is 3.56. The van der Waals surface area contributed by atoms with Crippen molar-refractivity contribution in [1.29, 1.82) is 0 Å². The Morgan fingerprint density at radius 1 is 1.08 bits per heavy atom. The van der Waals surface area contributed by atoms with E-state index in [0.717, 1.165) is 41.6 Å². The fraction of sp³-hybridized carbons (Fsp3) is 0.400. The zero-order valence-electron chi connectivity index (χ0n) is 14.2. The summed E-state index contributed by atoms with van der Waals surface area (Å²) in [4.78, 5) is 0. The zero-order valence-corrected chi connectivity index (χ0v) is 15.8. The molecule has 2 atom stereocenters. The summed E-state index contributed by atoms with van der Waals surface area (Å²) in [6, 6.07) is 13.1. The highest BCUT2D eigenvalue weighted by molar-refractivity contribution is 9.10. The smallest absolute Gasteiger partial charge is 0.416 e. The van der Waals surface area contributed by atoms with E-state index >= 15 is 0 Å². The summed E-state index contributed by atoms with van der Waals surface area (Å²) in [5, 5.41) is 3.51. The van der Waals surface area contributed by atoms with Gasteiger partial charge in [0.1, 0.15) is 11.9 Å². The molecule has 0 bridgehead atoms. The van der Waals surface area contributed by atoms with E-state index in [1.165, 1.54) is 25.0 Å². The molecule has 0 aromatic heterocycles. The fourth-order valence-corrected chi connectivity index (χ4v) is 3.79. The first-order chi connectivity index (χ1) is 12.4. The van der Waals surface area contributed by atoms with Crippen molar-refractivity contribution in [2.24, 2.45) is 0 Å². The van der Waals surface area contributed by atoms with Crippen LogP contribution in [0.25, 0.3) is 0 Å².